The molecule has 0 fully saturated rings. The lowest BCUT2D eigenvalue weighted by Gasteiger charge is -1.99. The standard InChI is InChI=1S/C6H7F2IN2OS/c7-4(8)3-12-2-1-5-10-6(9)13-11-5/h4H,1-3H2. The van der Waals surface area contributed by atoms with Crippen LogP contribution in [0.1, 0.15) is 5.82 Å². The van der Waals surface area contributed by atoms with Gasteiger partial charge in [0.15, 0.2) is 3.01 Å². The van der Waals surface area contributed by atoms with E-state index in [1.807, 2.05) is 0 Å². The highest BCUT2D eigenvalue weighted by Gasteiger charge is 2.04. The number of ether oxygens (including phenoxy) is 1. The van der Waals surface area contributed by atoms with E-state index in [1.54, 1.807) is 0 Å². The molecule has 0 radical (unpaired) electrons. The van der Waals surface area contributed by atoms with E-state index in [1.165, 1.54) is 11.5 Å². The van der Waals surface area contributed by atoms with E-state index in [9.17, 15) is 8.78 Å². The van der Waals surface area contributed by atoms with Crippen LogP contribution in [-0.4, -0.2) is 29.0 Å². The van der Waals surface area contributed by atoms with Crippen LogP contribution < -0.4 is 0 Å². The molecule has 0 aromatic carbocycles. The molecule has 0 saturated heterocycles. The molecular weight excluding hydrogens is 313 g/mol. The van der Waals surface area contributed by atoms with Gasteiger partial charge in [0.05, 0.1) is 6.61 Å². The third-order valence-corrected chi connectivity index (χ3v) is 2.53. The second-order valence-electron chi connectivity index (χ2n) is 2.18. The van der Waals surface area contributed by atoms with E-state index >= 15 is 0 Å². The number of alkyl halides is 2. The lowest BCUT2D eigenvalue weighted by molar-refractivity contribution is 0.0183. The largest absolute Gasteiger partial charge is 0.375 e. The second-order valence-corrected chi connectivity index (χ2v) is 4.69. The highest BCUT2D eigenvalue weighted by Crippen LogP contribution is 2.07. The van der Waals surface area contributed by atoms with E-state index in [0.717, 1.165) is 3.01 Å². The molecule has 74 valence electrons. The van der Waals surface area contributed by atoms with Crippen LogP contribution in [0.15, 0.2) is 0 Å². The molecule has 1 rings (SSSR count). The van der Waals surface area contributed by atoms with Gasteiger partial charge in [0, 0.05) is 6.42 Å². The summed E-state index contributed by atoms with van der Waals surface area (Å²) in [7, 11) is 0. The van der Waals surface area contributed by atoms with Crippen molar-refractivity contribution in [3.63, 3.8) is 0 Å². The first-order valence-electron chi connectivity index (χ1n) is 3.52. The summed E-state index contributed by atoms with van der Waals surface area (Å²) in [6.45, 7) is -0.265. The molecule has 0 aliphatic heterocycles. The highest BCUT2D eigenvalue weighted by molar-refractivity contribution is 14.1. The molecule has 0 aliphatic carbocycles. The molecule has 1 heterocycles. The van der Waals surface area contributed by atoms with Crippen molar-refractivity contribution in [2.24, 2.45) is 0 Å². The molecule has 7 heteroatoms. The SMILES string of the molecule is FC(F)COCCc1nsc(I)n1. The summed E-state index contributed by atoms with van der Waals surface area (Å²) in [5.74, 6) is 0.656. The molecular formula is C6H7F2IN2OS. The zero-order chi connectivity index (χ0) is 9.68. The van der Waals surface area contributed by atoms with Gasteiger partial charge in [-0.05, 0) is 34.1 Å². The molecule has 0 saturated carbocycles. The average molecular weight is 320 g/mol. The fourth-order valence-corrected chi connectivity index (χ4v) is 1.70. The minimum atomic E-state index is -2.40. The molecule has 0 amide bonds. The Labute approximate surface area is 91.8 Å². The Morgan fingerprint density at radius 2 is 2.31 bits per heavy atom. The third kappa shape index (κ3) is 4.77. The third-order valence-electron chi connectivity index (χ3n) is 1.16. The summed E-state index contributed by atoms with van der Waals surface area (Å²) in [5.41, 5.74) is 0. The fourth-order valence-electron chi connectivity index (χ4n) is 0.670. The molecule has 1 aromatic heterocycles. The van der Waals surface area contributed by atoms with Crippen molar-refractivity contribution in [1.29, 1.82) is 0 Å². The van der Waals surface area contributed by atoms with E-state index in [-0.39, 0.29) is 6.61 Å². The van der Waals surface area contributed by atoms with Crippen molar-refractivity contribution in [2.75, 3.05) is 13.2 Å². The van der Waals surface area contributed by atoms with Crippen molar-refractivity contribution >= 4 is 34.1 Å². The van der Waals surface area contributed by atoms with Crippen LogP contribution in [-0.2, 0) is 11.2 Å². The van der Waals surface area contributed by atoms with Gasteiger partial charge < -0.3 is 4.74 Å². The smallest absolute Gasteiger partial charge is 0.261 e. The summed E-state index contributed by atoms with van der Waals surface area (Å²) in [5, 5.41) is 0. The topological polar surface area (TPSA) is 35.0 Å². The number of nitrogens with zero attached hydrogens (tertiary/aromatic N) is 2. The monoisotopic (exact) mass is 320 g/mol. The Balaban J connectivity index is 2.13. The first-order valence-corrected chi connectivity index (χ1v) is 5.37. The number of rotatable bonds is 5. The zero-order valence-corrected chi connectivity index (χ0v) is 9.52. The molecule has 0 bridgehead atoms. The number of hydrogen-bond donors (Lipinski definition) is 0. The average Bonchev–Trinajstić information content (AvgIpc) is 2.45. The molecule has 0 unspecified atom stereocenters. The van der Waals surface area contributed by atoms with Gasteiger partial charge in [-0.15, -0.1) is 0 Å². The van der Waals surface area contributed by atoms with Gasteiger partial charge in [-0.2, -0.15) is 4.37 Å². The maximum Gasteiger partial charge on any atom is 0.261 e. The lowest BCUT2D eigenvalue weighted by atomic mass is 10.4. The van der Waals surface area contributed by atoms with Crippen molar-refractivity contribution in [3.8, 4) is 0 Å². The second kappa shape index (κ2) is 5.76. The summed E-state index contributed by atoms with van der Waals surface area (Å²) in [6, 6.07) is 0. The maximum atomic E-state index is 11.6. The summed E-state index contributed by atoms with van der Waals surface area (Å²) >= 11 is 3.35. The number of aromatic nitrogens is 2. The minimum Gasteiger partial charge on any atom is -0.375 e. The van der Waals surface area contributed by atoms with E-state index in [2.05, 4.69) is 36.7 Å². The number of halogens is 3. The lowest BCUT2D eigenvalue weighted by Crippen LogP contribution is -2.07. The van der Waals surface area contributed by atoms with Gasteiger partial charge in [0.25, 0.3) is 6.43 Å². The van der Waals surface area contributed by atoms with Crippen molar-refractivity contribution < 1.29 is 13.5 Å². The summed E-state index contributed by atoms with van der Waals surface area (Å²) in [4.78, 5) is 4.05. The molecule has 0 N–H and O–H groups in total. The minimum absolute atomic E-state index is 0.247. The Morgan fingerprint density at radius 1 is 1.54 bits per heavy atom. The van der Waals surface area contributed by atoms with E-state index in [0.29, 0.717) is 12.2 Å². The Bertz CT molecular complexity index is 259. The van der Waals surface area contributed by atoms with Crippen molar-refractivity contribution in [3.05, 3.63) is 8.84 Å². The van der Waals surface area contributed by atoms with Gasteiger partial charge in [-0.3, -0.25) is 0 Å². The van der Waals surface area contributed by atoms with Gasteiger partial charge in [0.1, 0.15) is 12.4 Å². The van der Waals surface area contributed by atoms with Crippen molar-refractivity contribution in [2.45, 2.75) is 12.8 Å². The normalized spacial score (nSPS) is 11.1. The fraction of sp³-hybridized carbons (Fsp3) is 0.667. The number of hydrogen-bond acceptors (Lipinski definition) is 4. The molecule has 3 nitrogen and oxygen atoms in total. The Morgan fingerprint density at radius 3 is 2.85 bits per heavy atom. The summed E-state index contributed by atoms with van der Waals surface area (Å²) < 4.78 is 32.7. The van der Waals surface area contributed by atoms with Crippen LogP contribution >= 0.6 is 34.1 Å². The van der Waals surface area contributed by atoms with Crippen LogP contribution in [0.2, 0.25) is 0 Å². The quantitative estimate of drug-likeness (QED) is 0.615. The Kier molecular flexibility index (Phi) is 4.96. The van der Waals surface area contributed by atoms with Crippen LogP contribution in [0.4, 0.5) is 8.78 Å². The van der Waals surface area contributed by atoms with Gasteiger partial charge in [-0.1, -0.05) is 0 Å². The molecule has 0 atom stereocenters. The van der Waals surface area contributed by atoms with E-state index in [4.69, 9.17) is 0 Å². The van der Waals surface area contributed by atoms with Gasteiger partial charge >= 0.3 is 0 Å². The maximum absolute atomic E-state index is 11.6. The highest BCUT2D eigenvalue weighted by atomic mass is 127. The molecule has 13 heavy (non-hydrogen) atoms. The van der Waals surface area contributed by atoms with Crippen molar-refractivity contribution in [1.82, 2.24) is 9.36 Å². The first kappa shape index (κ1) is 11.2. The van der Waals surface area contributed by atoms with Crippen LogP contribution in [0.3, 0.4) is 0 Å². The van der Waals surface area contributed by atoms with Crippen LogP contribution in [0, 0.1) is 3.01 Å². The molecule has 1 aromatic rings. The van der Waals surface area contributed by atoms with Crippen LogP contribution in [0.5, 0.6) is 0 Å². The summed E-state index contributed by atoms with van der Waals surface area (Å²) in [6.07, 6.45) is -1.91. The predicted octanol–water partition coefficient (Wildman–Crippen LogP) is 1.97. The van der Waals surface area contributed by atoms with Gasteiger partial charge in [-0.25, -0.2) is 13.8 Å². The molecule has 0 spiro atoms. The zero-order valence-electron chi connectivity index (χ0n) is 6.54. The Hall–Kier alpha value is 0.110. The molecule has 0 aliphatic rings. The van der Waals surface area contributed by atoms with Gasteiger partial charge in [0.2, 0.25) is 0 Å². The first-order chi connectivity index (χ1) is 6.18. The predicted molar refractivity (Wildman–Crippen MR) is 53.2 cm³/mol. The van der Waals surface area contributed by atoms with E-state index < -0.39 is 13.0 Å². The van der Waals surface area contributed by atoms with Crippen LogP contribution in [0.25, 0.3) is 0 Å².